The van der Waals surface area contributed by atoms with Crippen LogP contribution in [0.1, 0.15) is 45.6 Å². The summed E-state index contributed by atoms with van der Waals surface area (Å²) < 4.78 is 28.9. The molecule has 0 bridgehead atoms. The van der Waals surface area contributed by atoms with Gasteiger partial charge in [-0.05, 0) is 54.4 Å². The Balaban J connectivity index is 1.91. The fourth-order valence-electron chi connectivity index (χ4n) is 5.32. The number of benzene rings is 1. The first-order valence-corrected chi connectivity index (χ1v) is 11.3. The van der Waals surface area contributed by atoms with Crippen LogP contribution in [0.3, 0.4) is 0 Å². The van der Waals surface area contributed by atoms with Gasteiger partial charge < -0.3 is 10.0 Å². The Morgan fingerprint density at radius 2 is 1.94 bits per heavy atom. The minimum atomic E-state index is -0.741. The van der Waals surface area contributed by atoms with Gasteiger partial charge in [0.15, 0.2) is 0 Å². The Labute approximate surface area is 194 Å². The molecule has 1 N–H and O–H groups in total. The van der Waals surface area contributed by atoms with Crippen LogP contribution in [-0.2, 0) is 4.79 Å². The van der Waals surface area contributed by atoms with Crippen LogP contribution >= 0.6 is 0 Å². The van der Waals surface area contributed by atoms with Crippen molar-refractivity contribution >= 4 is 11.6 Å². The van der Waals surface area contributed by atoms with Gasteiger partial charge in [-0.15, -0.1) is 0 Å². The second-order valence-electron chi connectivity index (χ2n) is 9.83. The maximum absolute atomic E-state index is 14.5. The first kappa shape index (κ1) is 25.0. The molecule has 5 nitrogen and oxygen atoms in total. The first-order chi connectivity index (χ1) is 15.6. The summed E-state index contributed by atoms with van der Waals surface area (Å²) in [6.45, 7) is 15.1. The van der Waals surface area contributed by atoms with E-state index in [1.165, 1.54) is 24.4 Å². The van der Waals surface area contributed by atoms with E-state index in [9.17, 15) is 18.7 Å². The molecule has 1 aliphatic carbocycles. The number of hydrogen-bond donors (Lipinski definition) is 1. The Kier molecular flexibility index (Phi) is 7.32. The number of likely N-dealkylation sites (tertiary alicyclic amines) is 1. The summed E-state index contributed by atoms with van der Waals surface area (Å²) in [6, 6.07) is 3.63. The zero-order chi connectivity index (χ0) is 24.4. The average Bonchev–Trinajstić information content (AvgIpc) is 3.34. The maximum Gasteiger partial charge on any atom is 0.229 e. The van der Waals surface area contributed by atoms with E-state index >= 15 is 0 Å². The molecule has 1 aliphatic heterocycles. The third kappa shape index (κ3) is 4.56. The fourth-order valence-corrected chi connectivity index (χ4v) is 5.32. The minimum absolute atomic E-state index is 0.0246. The van der Waals surface area contributed by atoms with Crippen LogP contribution < -0.4 is 0 Å². The Morgan fingerprint density at radius 1 is 1.27 bits per heavy atom. The third-order valence-corrected chi connectivity index (χ3v) is 7.77. The predicted molar refractivity (Wildman–Crippen MR) is 125 cm³/mol. The van der Waals surface area contributed by atoms with Crippen LogP contribution in [0.5, 0.6) is 0 Å². The lowest BCUT2D eigenvalue weighted by Gasteiger charge is -2.43. The number of allylic oxidation sites excluding steroid dienone is 2. The molecule has 0 spiro atoms. The van der Waals surface area contributed by atoms with Gasteiger partial charge in [-0.3, -0.25) is 4.79 Å². The highest BCUT2D eigenvalue weighted by Gasteiger charge is 2.57. The highest BCUT2D eigenvalue weighted by Crippen LogP contribution is 2.59. The van der Waals surface area contributed by atoms with E-state index in [0.717, 1.165) is 6.42 Å². The molecule has 0 radical (unpaired) electrons. The standard InChI is InChI=1S/C26H33F2N3O2/c1-6-29-30-22(23-20(27)8-7-9-21(23)28)14-17(2)19-10-12-26(5,25(19,3)4)24(33)31-13-11-18(15-31)16-32/h6-9,14,18-19,32H,1-2,10-13,15-16H2,3-5H3/b22-14-,30-29?/t18-,19?,26+/m0/s1. The lowest BCUT2D eigenvalue weighted by Crippen LogP contribution is -2.48. The Hall–Kier alpha value is -2.67. The number of carbonyl (C=O) groups excluding carboxylic acids is 1. The fraction of sp³-hybridized carbons (Fsp3) is 0.500. The van der Waals surface area contributed by atoms with Crippen molar-refractivity contribution in [1.82, 2.24) is 4.90 Å². The molecule has 178 valence electrons. The summed E-state index contributed by atoms with van der Waals surface area (Å²) >= 11 is 0. The number of aliphatic hydroxyl groups excluding tert-OH is 1. The zero-order valence-electron chi connectivity index (χ0n) is 19.7. The summed E-state index contributed by atoms with van der Waals surface area (Å²) in [7, 11) is 0. The summed E-state index contributed by atoms with van der Waals surface area (Å²) in [5.74, 6) is -1.35. The van der Waals surface area contributed by atoms with E-state index in [1.807, 2.05) is 11.8 Å². The van der Waals surface area contributed by atoms with Crippen molar-refractivity contribution < 1.29 is 18.7 Å². The molecule has 1 saturated heterocycles. The predicted octanol–water partition coefficient (Wildman–Crippen LogP) is 5.74. The van der Waals surface area contributed by atoms with Crippen LogP contribution in [0.15, 0.2) is 59.4 Å². The highest BCUT2D eigenvalue weighted by atomic mass is 19.1. The van der Waals surface area contributed by atoms with Gasteiger partial charge in [0, 0.05) is 31.8 Å². The SMILES string of the molecule is C=CN=N/C(=C\C(=C)C1CC[C@](C)(C(=O)N2CC[C@H](CO)C2)C1(C)C)c1c(F)cccc1F. The van der Waals surface area contributed by atoms with Crippen LogP contribution in [0.25, 0.3) is 5.70 Å². The second kappa shape index (κ2) is 9.67. The second-order valence-corrected chi connectivity index (χ2v) is 9.83. The molecule has 1 amide bonds. The molecule has 2 aliphatic rings. The van der Waals surface area contributed by atoms with Crippen LogP contribution in [0, 0.1) is 34.3 Å². The van der Waals surface area contributed by atoms with Crippen molar-refractivity contribution in [3.8, 4) is 0 Å². The van der Waals surface area contributed by atoms with Gasteiger partial charge in [-0.2, -0.15) is 10.2 Å². The van der Waals surface area contributed by atoms with E-state index in [0.29, 0.717) is 31.5 Å². The molecule has 1 heterocycles. The molecule has 33 heavy (non-hydrogen) atoms. The monoisotopic (exact) mass is 457 g/mol. The number of aliphatic hydroxyl groups is 1. The third-order valence-electron chi connectivity index (χ3n) is 7.77. The largest absolute Gasteiger partial charge is 0.396 e. The molecule has 3 atom stereocenters. The lowest BCUT2D eigenvalue weighted by molar-refractivity contribution is -0.146. The van der Waals surface area contributed by atoms with E-state index in [4.69, 9.17) is 0 Å². The molecule has 1 aromatic rings. The molecule has 0 aromatic heterocycles. The lowest BCUT2D eigenvalue weighted by atomic mass is 9.63. The van der Waals surface area contributed by atoms with Crippen LogP contribution in [-0.4, -0.2) is 35.6 Å². The highest BCUT2D eigenvalue weighted by molar-refractivity contribution is 5.84. The van der Waals surface area contributed by atoms with E-state index < -0.39 is 22.5 Å². The number of amides is 1. The van der Waals surface area contributed by atoms with Crippen molar-refractivity contribution in [1.29, 1.82) is 0 Å². The van der Waals surface area contributed by atoms with E-state index in [1.54, 1.807) is 6.08 Å². The van der Waals surface area contributed by atoms with Crippen molar-refractivity contribution in [3.63, 3.8) is 0 Å². The number of carbonyl (C=O) groups is 1. The van der Waals surface area contributed by atoms with Gasteiger partial charge in [0.25, 0.3) is 0 Å². The number of hydrogen-bond acceptors (Lipinski definition) is 4. The zero-order valence-corrected chi connectivity index (χ0v) is 19.7. The molecular weight excluding hydrogens is 424 g/mol. The Bertz CT molecular complexity index is 981. The van der Waals surface area contributed by atoms with Gasteiger partial charge >= 0.3 is 0 Å². The van der Waals surface area contributed by atoms with Crippen LogP contribution in [0.4, 0.5) is 8.78 Å². The number of halogens is 2. The topological polar surface area (TPSA) is 65.3 Å². The molecular formula is C26H33F2N3O2. The summed E-state index contributed by atoms with van der Waals surface area (Å²) in [6.07, 6.45) is 4.96. The average molecular weight is 458 g/mol. The van der Waals surface area contributed by atoms with E-state index in [2.05, 4.69) is 37.2 Å². The first-order valence-electron chi connectivity index (χ1n) is 11.3. The normalized spacial score (nSPS) is 27.3. The number of azo groups is 1. The summed E-state index contributed by atoms with van der Waals surface area (Å²) in [5, 5.41) is 17.2. The summed E-state index contributed by atoms with van der Waals surface area (Å²) in [4.78, 5) is 15.4. The van der Waals surface area contributed by atoms with Crippen molar-refractivity contribution in [2.24, 2.45) is 32.9 Å². The van der Waals surface area contributed by atoms with Crippen molar-refractivity contribution in [3.05, 3.63) is 66.4 Å². The smallest absolute Gasteiger partial charge is 0.229 e. The number of rotatable bonds is 7. The molecule has 1 aromatic carbocycles. The quantitative estimate of drug-likeness (QED) is 0.419. The van der Waals surface area contributed by atoms with E-state index in [-0.39, 0.29) is 35.6 Å². The van der Waals surface area contributed by atoms with Crippen molar-refractivity contribution in [2.75, 3.05) is 19.7 Å². The van der Waals surface area contributed by atoms with Crippen molar-refractivity contribution in [2.45, 2.75) is 40.0 Å². The summed E-state index contributed by atoms with van der Waals surface area (Å²) in [5.41, 5.74) is -0.678. The maximum atomic E-state index is 14.5. The molecule has 1 saturated carbocycles. The van der Waals surface area contributed by atoms with Gasteiger partial charge in [-0.25, -0.2) is 8.78 Å². The minimum Gasteiger partial charge on any atom is -0.396 e. The molecule has 7 heteroatoms. The molecule has 2 fully saturated rings. The van der Waals surface area contributed by atoms with Gasteiger partial charge in [0.1, 0.15) is 11.6 Å². The molecule has 3 rings (SSSR count). The van der Waals surface area contributed by atoms with Gasteiger partial charge in [0.05, 0.1) is 16.7 Å². The number of nitrogens with zero attached hydrogens (tertiary/aromatic N) is 3. The molecule has 1 unspecified atom stereocenters. The van der Waals surface area contributed by atoms with Gasteiger partial charge in [-0.1, -0.05) is 40.0 Å². The van der Waals surface area contributed by atoms with Crippen LogP contribution in [0.2, 0.25) is 0 Å². The van der Waals surface area contributed by atoms with Gasteiger partial charge in [0.2, 0.25) is 5.91 Å². The Morgan fingerprint density at radius 3 is 2.52 bits per heavy atom.